The maximum Gasteiger partial charge on any atom is 0.408 e. The molecule has 4 aromatic rings. The maximum atomic E-state index is 14.8. The van der Waals surface area contributed by atoms with Crippen molar-refractivity contribution in [1.82, 2.24) is 14.5 Å². The predicted molar refractivity (Wildman–Crippen MR) is 149 cm³/mol. The molecule has 11 heteroatoms. The fourth-order valence-electron chi connectivity index (χ4n) is 4.46. The number of fused-ring (bicyclic) bond motifs is 1. The van der Waals surface area contributed by atoms with Gasteiger partial charge in [0.2, 0.25) is 0 Å². The van der Waals surface area contributed by atoms with E-state index in [0.717, 1.165) is 6.07 Å². The van der Waals surface area contributed by atoms with Crippen LogP contribution in [-0.4, -0.2) is 37.2 Å². The SMILES string of the molecule is CC(c1nc2cccc(F)c2c(=O)n1-c1cccc(NC(=O)Nc2ccccc2Cl)c1)N(C(=O)O)C(C)(C)C. The molecule has 0 spiro atoms. The topological polar surface area (TPSA) is 117 Å². The molecular formula is C28H27ClFN5O4. The standard InChI is InChI=1S/C28H27ClFN5O4/c1-16(35(27(38)39)28(2,3)4)24-32-22-14-8-12-20(30)23(22)25(36)34(24)18-10-7-9-17(15-18)31-26(37)33-21-13-6-5-11-19(21)29/h5-16H,1-4H3,(H,38,39)(H2,31,33,37). The number of aromatic nitrogens is 2. The normalized spacial score (nSPS) is 12.2. The third kappa shape index (κ3) is 5.70. The van der Waals surface area contributed by atoms with Crippen LogP contribution in [-0.2, 0) is 0 Å². The molecule has 1 atom stereocenters. The second kappa shape index (κ2) is 10.7. The first-order valence-corrected chi connectivity index (χ1v) is 12.4. The van der Waals surface area contributed by atoms with Crippen LogP contribution < -0.4 is 16.2 Å². The largest absolute Gasteiger partial charge is 0.465 e. The van der Waals surface area contributed by atoms with Gasteiger partial charge in [0.1, 0.15) is 17.0 Å². The van der Waals surface area contributed by atoms with Crippen molar-refractivity contribution in [3.63, 3.8) is 0 Å². The summed E-state index contributed by atoms with van der Waals surface area (Å²) in [4.78, 5) is 44.3. The highest BCUT2D eigenvalue weighted by Gasteiger charge is 2.34. The Kier molecular flexibility index (Phi) is 7.60. The maximum absolute atomic E-state index is 14.8. The van der Waals surface area contributed by atoms with Crippen molar-refractivity contribution in [3.8, 4) is 5.69 Å². The lowest BCUT2D eigenvalue weighted by Crippen LogP contribution is -2.47. The zero-order chi connectivity index (χ0) is 28.5. The van der Waals surface area contributed by atoms with Crippen LogP contribution in [0.1, 0.15) is 39.6 Å². The van der Waals surface area contributed by atoms with E-state index in [4.69, 9.17) is 11.6 Å². The van der Waals surface area contributed by atoms with Crippen molar-refractivity contribution in [2.75, 3.05) is 10.6 Å². The number of para-hydroxylation sites is 1. The van der Waals surface area contributed by atoms with Crippen LogP contribution in [0.3, 0.4) is 0 Å². The van der Waals surface area contributed by atoms with Crippen LogP contribution in [0.25, 0.3) is 16.6 Å². The average molecular weight is 552 g/mol. The Hall–Kier alpha value is -4.44. The number of rotatable bonds is 5. The van der Waals surface area contributed by atoms with Crippen molar-refractivity contribution in [1.29, 1.82) is 0 Å². The Morgan fingerprint density at radius 1 is 1.05 bits per heavy atom. The summed E-state index contributed by atoms with van der Waals surface area (Å²) in [6, 6.07) is 15.7. The van der Waals surface area contributed by atoms with Gasteiger partial charge < -0.3 is 15.7 Å². The van der Waals surface area contributed by atoms with Gasteiger partial charge in [0.05, 0.1) is 28.0 Å². The highest BCUT2D eigenvalue weighted by molar-refractivity contribution is 6.33. The second-order valence-electron chi connectivity index (χ2n) is 9.85. The van der Waals surface area contributed by atoms with Crippen LogP contribution in [0.5, 0.6) is 0 Å². The lowest BCUT2D eigenvalue weighted by Gasteiger charge is -2.38. The number of nitrogens with zero attached hydrogens (tertiary/aromatic N) is 3. The van der Waals surface area contributed by atoms with Crippen LogP contribution in [0, 0.1) is 5.82 Å². The van der Waals surface area contributed by atoms with Crippen molar-refractivity contribution in [3.05, 3.63) is 93.7 Å². The number of halogens is 2. The summed E-state index contributed by atoms with van der Waals surface area (Å²) in [6.45, 7) is 6.79. The molecule has 0 aliphatic rings. The number of benzene rings is 3. The molecule has 4 rings (SSSR count). The van der Waals surface area contributed by atoms with Crippen molar-refractivity contribution in [2.45, 2.75) is 39.3 Å². The molecule has 0 fully saturated rings. The van der Waals surface area contributed by atoms with Crippen molar-refractivity contribution < 1.29 is 19.1 Å². The number of carbonyl (C=O) groups is 2. The first-order chi connectivity index (χ1) is 18.4. The quantitative estimate of drug-likeness (QED) is 0.256. The van der Waals surface area contributed by atoms with Gasteiger partial charge in [0.15, 0.2) is 0 Å². The van der Waals surface area contributed by atoms with Gasteiger partial charge in [-0.25, -0.2) is 19.0 Å². The minimum atomic E-state index is -1.21. The summed E-state index contributed by atoms with van der Waals surface area (Å²) in [6.07, 6.45) is -1.21. The van der Waals surface area contributed by atoms with Gasteiger partial charge in [0.25, 0.3) is 5.56 Å². The molecule has 0 aliphatic heterocycles. The third-order valence-electron chi connectivity index (χ3n) is 6.05. The fraction of sp³-hybridized carbons (Fsp3) is 0.214. The third-order valence-corrected chi connectivity index (χ3v) is 6.38. The van der Waals surface area contributed by atoms with E-state index in [0.29, 0.717) is 16.4 Å². The minimum absolute atomic E-state index is 0.0908. The fourth-order valence-corrected chi connectivity index (χ4v) is 4.64. The Bertz CT molecular complexity index is 1630. The minimum Gasteiger partial charge on any atom is -0.465 e. The molecular weight excluding hydrogens is 525 g/mol. The predicted octanol–water partition coefficient (Wildman–Crippen LogP) is 6.66. The molecule has 1 heterocycles. The van der Waals surface area contributed by atoms with Crippen LogP contribution >= 0.6 is 11.6 Å². The van der Waals surface area contributed by atoms with E-state index in [9.17, 15) is 23.9 Å². The number of amides is 3. The van der Waals surface area contributed by atoms with Gasteiger partial charge in [-0.05, 0) is 70.2 Å². The molecule has 3 N–H and O–H groups in total. The smallest absolute Gasteiger partial charge is 0.408 e. The van der Waals surface area contributed by atoms with Crippen LogP contribution in [0.15, 0.2) is 71.5 Å². The molecule has 0 saturated carbocycles. The van der Waals surface area contributed by atoms with Crippen LogP contribution in [0.4, 0.5) is 25.4 Å². The van der Waals surface area contributed by atoms with Crippen molar-refractivity contribution in [2.24, 2.45) is 0 Å². The molecule has 0 saturated heterocycles. The Balaban J connectivity index is 1.83. The van der Waals surface area contributed by atoms with Gasteiger partial charge in [-0.1, -0.05) is 35.9 Å². The number of anilines is 2. The number of hydrogen-bond acceptors (Lipinski definition) is 4. The highest BCUT2D eigenvalue weighted by Crippen LogP contribution is 2.30. The summed E-state index contributed by atoms with van der Waals surface area (Å²) in [5, 5.41) is 15.5. The molecule has 202 valence electrons. The molecule has 9 nitrogen and oxygen atoms in total. The second-order valence-corrected chi connectivity index (χ2v) is 10.3. The monoisotopic (exact) mass is 551 g/mol. The van der Waals surface area contributed by atoms with Gasteiger partial charge in [-0.3, -0.25) is 14.3 Å². The number of urea groups is 1. The van der Waals surface area contributed by atoms with Gasteiger partial charge in [-0.15, -0.1) is 0 Å². The number of nitrogens with one attached hydrogen (secondary N) is 2. The molecule has 39 heavy (non-hydrogen) atoms. The van der Waals surface area contributed by atoms with E-state index in [1.54, 1.807) is 70.2 Å². The van der Waals surface area contributed by atoms with Gasteiger partial charge >= 0.3 is 12.1 Å². The number of hydrogen-bond donors (Lipinski definition) is 3. The molecule has 0 aliphatic carbocycles. The lowest BCUT2D eigenvalue weighted by molar-refractivity contribution is 0.0719. The summed E-state index contributed by atoms with van der Waals surface area (Å²) in [5.74, 6) is -0.662. The first-order valence-electron chi connectivity index (χ1n) is 12.0. The number of carboxylic acid groups (broad SMARTS) is 1. The highest BCUT2D eigenvalue weighted by atomic mass is 35.5. The molecule has 0 bridgehead atoms. The number of carbonyl (C=O) groups excluding carboxylic acids is 1. The van der Waals surface area contributed by atoms with E-state index in [1.165, 1.54) is 27.7 Å². The molecule has 3 aromatic carbocycles. The van der Waals surface area contributed by atoms with Crippen molar-refractivity contribution >= 4 is 46.0 Å². The zero-order valence-electron chi connectivity index (χ0n) is 21.7. The Morgan fingerprint density at radius 3 is 2.41 bits per heavy atom. The summed E-state index contributed by atoms with van der Waals surface area (Å²) < 4.78 is 16.0. The van der Waals surface area contributed by atoms with E-state index in [2.05, 4.69) is 15.6 Å². The van der Waals surface area contributed by atoms with E-state index < -0.39 is 35.1 Å². The van der Waals surface area contributed by atoms with E-state index in [1.807, 2.05) is 0 Å². The first kappa shape index (κ1) is 27.6. The lowest BCUT2D eigenvalue weighted by atomic mass is 10.0. The van der Waals surface area contributed by atoms with E-state index in [-0.39, 0.29) is 22.4 Å². The van der Waals surface area contributed by atoms with E-state index >= 15 is 0 Å². The zero-order valence-corrected chi connectivity index (χ0v) is 22.5. The summed E-state index contributed by atoms with van der Waals surface area (Å²) >= 11 is 6.12. The van der Waals surface area contributed by atoms with Gasteiger partial charge in [0, 0.05) is 11.2 Å². The Morgan fingerprint density at radius 2 is 1.74 bits per heavy atom. The van der Waals surface area contributed by atoms with Gasteiger partial charge in [-0.2, -0.15) is 0 Å². The Labute approximate surface area is 228 Å². The molecule has 1 aromatic heterocycles. The van der Waals surface area contributed by atoms with Crippen LogP contribution in [0.2, 0.25) is 5.02 Å². The summed E-state index contributed by atoms with van der Waals surface area (Å²) in [5.41, 5.74) is -0.463. The molecule has 1 unspecified atom stereocenters. The molecule has 0 radical (unpaired) electrons. The summed E-state index contributed by atoms with van der Waals surface area (Å²) in [7, 11) is 0. The average Bonchev–Trinajstić information content (AvgIpc) is 2.84. The molecule has 3 amide bonds.